The summed E-state index contributed by atoms with van der Waals surface area (Å²) >= 11 is 0. The van der Waals surface area contributed by atoms with Crippen molar-refractivity contribution in [3.63, 3.8) is 0 Å². The van der Waals surface area contributed by atoms with E-state index in [0.29, 0.717) is 24.3 Å². The van der Waals surface area contributed by atoms with Gasteiger partial charge in [0.25, 0.3) is 0 Å². The fourth-order valence-corrected chi connectivity index (χ4v) is 2.49. The van der Waals surface area contributed by atoms with Gasteiger partial charge in [-0.25, -0.2) is 0 Å². The third-order valence-electron chi connectivity index (χ3n) is 3.54. The lowest BCUT2D eigenvalue weighted by molar-refractivity contribution is -0.274. The van der Waals surface area contributed by atoms with E-state index in [4.69, 9.17) is 5.73 Å². The van der Waals surface area contributed by atoms with Crippen LogP contribution >= 0.6 is 24.0 Å². The number of hydrogen-bond donors (Lipinski definition) is 2. The molecule has 0 aromatic heterocycles. The highest BCUT2D eigenvalue weighted by Crippen LogP contribution is 2.23. The number of guanidine groups is 1. The number of rotatable bonds is 8. The number of alkyl halides is 3. The third kappa shape index (κ3) is 10.0. The van der Waals surface area contributed by atoms with Crippen molar-refractivity contribution < 1.29 is 17.9 Å². The molecule has 0 bridgehead atoms. The summed E-state index contributed by atoms with van der Waals surface area (Å²) in [5, 5.41) is 2.84. The van der Waals surface area contributed by atoms with Crippen molar-refractivity contribution in [2.45, 2.75) is 52.6 Å². The van der Waals surface area contributed by atoms with Crippen molar-refractivity contribution in [1.29, 1.82) is 0 Å². The summed E-state index contributed by atoms with van der Waals surface area (Å²) in [7, 11) is 0. The molecule has 1 rings (SSSR count). The van der Waals surface area contributed by atoms with E-state index in [-0.39, 0.29) is 35.7 Å². The second-order valence-electron chi connectivity index (χ2n) is 6.24. The second kappa shape index (κ2) is 11.5. The predicted octanol–water partition coefficient (Wildman–Crippen LogP) is 4.44. The molecule has 5 nitrogen and oxygen atoms in total. The van der Waals surface area contributed by atoms with Crippen LogP contribution in [0.3, 0.4) is 0 Å². The van der Waals surface area contributed by atoms with Crippen molar-refractivity contribution in [2.75, 3.05) is 18.4 Å². The number of nitrogens with one attached hydrogen (secondary N) is 1. The Labute approximate surface area is 170 Å². The molecule has 0 spiro atoms. The highest BCUT2D eigenvalue weighted by atomic mass is 127. The van der Waals surface area contributed by atoms with E-state index < -0.39 is 6.36 Å². The number of nitrogens with two attached hydrogens (primary N) is 1. The molecule has 26 heavy (non-hydrogen) atoms. The molecule has 0 heterocycles. The zero-order valence-corrected chi connectivity index (χ0v) is 17.8. The predicted molar refractivity (Wildman–Crippen MR) is 110 cm³/mol. The summed E-state index contributed by atoms with van der Waals surface area (Å²) in [5.41, 5.74) is 6.34. The number of ether oxygens (including phenoxy) is 1. The van der Waals surface area contributed by atoms with E-state index in [1.54, 1.807) is 0 Å². The lowest BCUT2D eigenvalue weighted by atomic mass is 10.2. The van der Waals surface area contributed by atoms with E-state index in [1.165, 1.54) is 24.3 Å². The van der Waals surface area contributed by atoms with Gasteiger partial charge < -0.3 is 15.8 Å². The Morgan fingerprint density at radius 3 is 2.15 bits per heavy atom. The molecule has 0 aliphatic heterocycles. The highest BCUT2D eigenvalue weighted by Gasteiger charge is 2.30. The summed E-state index contributed by atoms with van der Waals surface area (Å²) in [6.45, 7) is 10.1. The van der Waals surface area contributed by atoms with E-state index in [2.05, 4.69) is 47.6 Å². The molecule has 0 fully saturated rings. The number of halogens is 4. The Balaban J connectivity index is 0.00000625. The first-order chi connectivity index (χ1) is 11.6. The van der Waals surface area contributed by atoms with Gasteiger partial charge in [0.2, 0.25) is 0 Å². The zero-order valence-electron chi connectivity index (χ0n) is 15.5. The number of anilines is 1. The van der Waals surface area contributed by atoms with Crippen molar-refractivity contribution in [1.82, 2.24) is 4.90 Å². The van der Waals surface area contributed by atoms with Crippen LogP contribution in [0.2, 0.25) is 0 Å². The minimum absolute atomic E-state index is 0. The van der Waals surface area contributed by atoms with Crippen molar-refractivity contribution >= 4 is 35.6 Å². The first-order valence-corrected chi connectivity index (χ1v) is 8.27. The van der Waals surface area contributed by atoms with Gasteiger partial charge in [0, 0.05) is 30.9 Å². The molecule has 3 N–H and O–H groups in total. The van der Waals surface area contributed by atoms with Crippen molar-refractivity contribution in [2.24, 2.45) is 10.7 Å². The maximum atomic E-state index is 12.1. The van der Waals surface area contributed by atoms with Crippen LogP contribution in [0.4, 0.5) is 18.9 Å². The van der Waals surface area contributed by atoms with Gasteiger partial charge in [-0.15, -0.1) is 37.1 Å². The molecule has 9 heteroatoms. The molecular weight excluding hydrogens is 460 g/mol. The molecule has 1 aromatic carbocycles. The molecule has 1 aromatic rings. The molecule has 0 amide bonds. The quantitative estimate of drug-likeness (QED) is 0.246. The maximum Gasteiger partial charge on any atom is 0.573 e. The van der Waals surface area contributed by atoms with Gasteiger partial charge in [-0.1, -0.05) is 0 Å². The lowest BCUT2D eigenvalue weighted by Crippen LogP contribution is -2.38. The monoisotopic (exact) mass is 488 g/mol. The molecule has 0 unspecified atom stereocenters. The fourth-order valence-electron chi connectivity index (χ4n) is 2.49. The minimum Gasteiger partial charge on any atom is -0.406 e. The van der Waals surface area contributed by atoms with Gasteiger partial charge in [0.15, 0.2) is 5.96 Å². The van der Waals surface area contributed by atoms with Crippen LogP contribution in [-0.2, 0) is 0 Å². The SMILES string of the molecule is CC(C)N(CCCN=C(N)Nc1ccc(OC(F)(F)F)cc1)C(C)C.I. The maximum absolute atomic E-state index is 12.1. The topological polar surface area (TPSA) is 62.9 Å². The smallest absolute Gasteiger partial charge is 0.406 e. The highest BCUT2D eigenvalue weighted by molar-refractivity contribution is 14.0. The number of benzene rings is 1. The fraction of sp³-hybridized carbons (Fsp3) is 0.588. The summed E-state index contributed by atoms with van der Waals surface area (Å²) < 4.78 is 40.1. The first kappa shape index (κ1) is 24.8. The molecule has 0 aliphatic rings. The van der Waals surface area contributed by atoms with E-state index in [0.717, 1.165) is 13.0 Å². The van der Waals surface area contributed by atoms with Crippen LogP contribution in [0.25, 0.3) is 0 Å². The Morgan fingerprint density at radius 1 is 1.15 bits per heavy atom. The van der Waals surface area contributed by atoms with Gasteiger partial charge >= 0.3 is 6.36 Å². The normalized spacial score (nSPS) is 12.5. The van der Waals surface area contributed by atoms with E-state index in [1.807, 2.05) is 0 Å². The van der Waals surface area contributed by atoms with Crippen LogP contribution in [0, 0.1) is 0 Å². The number of aliphatic imine (C=N–C) groups is 1. The molecule has 0 radical (unpaired) electrons. The summed E-state index contributed by atoms with van der Waals surface area (Å²) in [6, 6.07) is 6.26. The van der Waals surface area contributed by atoms with Crippen LogP contribution in [0.5, 0.6) is 5.75 Å². The summed E-state index contributed by atoms with van der Waals surface area (Å²) in [4.78, 5) is 6.61. The third-order valence-corrected chi connectivity index (χ3v) is 3.54. The Morgan fingerprint density at radius 2 is 1.69 bits per heavy atom. The van der Waals surface area contributed by atoms with Crippen LogP contribution in [-0.4, -0.2) is 42.4 Å². The van der Waals surface area contributed by atoms with Gasteiger partial charge in [0.05, 0.1) is 0 Å². The van der Waals surface area contributed by atoms with Gasteiger partial charge in [-0.3, -0.25) is 9.89 Å². The number of nitrogens with zero attached hydrogens (tertiary/aromatic N) is 2. The van der Waals surface area contributed by atoms with Gasteiger partial charge in [0.1, 0.15) is 5.75 Å². The van der Waals surface area contributed by atoms with Crippen molar-refractivity contribution in [3.8, 4) is 5.75 Å². The standard InChI is InChI=1S/C17H27F3N4O.HI/c1-12(2)24(13(3)4)11-5-10-22-16(21)23-14-6-8-15(9-7-14)25-17(18,19)20;/h6-9,12-13H,5,10-11H2,1-4H3,(H3,21,22,23);1H. The zero-order chi connectivity index (χ0) is 19.0. The summed E-state index contributed by atoms with van der Waals surface area (Å²) in [5.74, 6) is -0.0545. The van der Waals surface area contributed by atoms with Crippen LogP contribution in [0.1, 0.15) is 34.1 Å². The van der Waals surface area contributed by atoms with E-state index in [9.17, 15) is 13.2 Å². The van der Waals surface area contributed by atoms with Gasteiger partial charge in [-0.05, 0) is 58.4 Å². The molecule has 0 saturated carbocycles. The first-order valence-electron chi connectivity index (χ1n) is 8.27. The van der Waals surface area contributed by atoms with Crippen molar-refractivity contribution in [3.05, 3.63) is 24.3 Å². The lowest BCUT2D eigenvalue weighted by Gasteiger charge is -2.30. The largest absolute Gasteiger partial charge is 0.573 e. The average molecular weight is 488 g/mol. The molecule has 0 atom stereocenters. The Bertz CT molecular complexity index is 540. The minimum atomic E-state index is -4.70. The number of hydrogen-bond acceptors (Lipinski definition) is 3. The molecule has 0 aliphatic carbocycles. The summed E-state index contributed by atoms with van der Waals surface area (Å²) in [6.07, 6.45) is -3.83. The van der Waals surface area contributed by atoms with Gasteiger partial charge in [-0.2, -0.15) is 0 Å². The van der Waals surface area contributed by atoms with E-state index >= 15 is 0 Å². The van der Waals surface area contributed by atoms with Crippen LogP contribution in [0.15, 0.2) is 29.3 Å². The molecule has 150 valence electrons. The Kier molecular flexibility index (Phi) is 10.9. The average Bonchev–Trinajstić information content (AvgIpc) is 2.46. The second-order valence-corrected chi connectivity index (χ2v) is 6.24. The molecular formula is C17H28F3IN4O. The molecule has 0 saturated heterocycles. The Hall–Kier alpha value is -1.23. The van der Waals surface area contributed by atoms with Crippen LogP contribution < -0.4 is 15.8 Å².